The van der Waals surface area contributed by atoms with E-state index in [2.05, 4.69) is 43.4 Å². The number of nitrogens with one attached hydrogen (secondary N) is 1. The van der Waals surface area contributed by atoms with Gasteiger partial charge in [-0.15, -0.1) is 0 Å². The van der Waals surface area contributed by atoms with Crippen LogP contribution in [0.15, 0.2) is 34.9 Å². The topological polar surface area (TPSA) is 64.4 Å². The largest absolute Gasteiger partial charge is 0.383 e. The predicted molar refractivity (Wildman–Crippen MR) is 84.8 cm³/mol. The number of aromatic nitrogens is 1. The number of methoxy groups -OCH3 is 1. The first-order valence-electron chi connectivity index (χ1n) is 7.26. The first-order chi connectivity index (χ1) is 10.4. The van der Waals surface area contributed by atoms with Gasteiger partial charge in [0.05, 0.1) is 6.61 Å². The smallest absolute Gasteiger partial charge is 0.273 e. The molecule has 5 nitrogen and oxygen atoms in total. The molecule has 0 atom stereocenters. The van der Waals surface area contributed by atoms with Crippen molar-refractivity contribution in [3.63, 3.8) is 0 Å². The minimum Gasteiger partial charge on any atom is -0.383 e. The van der Waals surface area contributed by atoms with Gasteiger partial charge in [-0.3, -0.25) is 4.79 Å². The zero-order valence-electron chi connectivity index (χ0n) is 13.5. The van der Waals surface area contributed by atoms with Gasteiger partial charge in [-0.05, 0) is 11.0 Å². The van der Waals surface area contributed by atoms with Crippen LogP contribution in [0.4, 0.5) is 0 Å². The fourth-order valence-corrected chi connectivity index (χ4v) is 2.01. The van der Waals surface area contributed by atoms with E-state index in [1.54, 1.807) is 13.2 Å². The van der Waals surface area contributed by atoms with E-state index in [0.717, 1.165) is 5.56 Å². The lowest BCUT2D eigenvalue weighted by Gasteiger charge is -2.18. The third kappa shape index (κ3) is 3.95. The molecular weight excluding hydrogens is 280 g/mol. The van der Waals surface area contributed by atoms with Crippen molar-refractivity contribution in [2.45, 2.75) is 26.2 Å². The molecule has 0 aliphatic heterocycles. The van der Waals surface area contributed by atoms with Crippen molar-refractivity contribution in [3.8, 4) is 11.3 Å². The average molecular weight is 302 g/mol. The monoisotopic (exact) mass is 302 g/mol. The summed E-state index contributed by atoms with van der Waals surface area (Å²) < 4.78 is 10.1. The average Bonchev–Trinajstić information content (AvgIpc) is 2.96. The Bertz CT molecular complexity index is 624. The standard InChI is InChI=1S/C17H22N2O3/c1-17(2,3)13-7-5-12(6-8-13)15-11-14(19-22-15)16(20)18-9-10-21-4/h5-8,11H,9-10H2,1-4H3,(H,18,20). The summed E-state index contributed by atoms with van der Waals surface area (Å²) in [6.45, 7) is 7.40. The second kappa shape index (κ2) is 6.75. The van der Waals surface area contributed by atoms with Gasteiger partial charge in [0.2, 0.25) is 0 Å². The zero-order valence-corrected chi connectivity index (χ0v) is 13.5. The molecule has 1 heterocycles. The molecule has 0 aliphatic carbocycles. The minimum atomic E-state index is -0.265. The van der Waals surface area contributed by atoms with E-state index in [4.69, 9.17) is 9.26 Å². The molecule has 2 aromatic rings. The van der Waals surface area contributed by atoms with Gasteiger partial charge in [0.25, 0.3) is 5.91 Å². The van der Waals surface area contributed by atoms with Crippen molar-refractivity contribution in [1.82, 2.24) is 10.5 Å². The van der Waals surface area contributed by atoms with Gasteiger partial charge in [0, 0.05) is 25.3 Å². The van der Waals surface area contributed by atoms with Crippen LogP contribution in [0, 0.1) is 0 Å². The maximum absolute atomic E-state index is 11.9. The third-order valence-electron chi connectivity index (χ3n) is 3.37. The molecule has 0 aliphatic rings. The first-order valence-corrected chi connectivity index (χ1v) is 7.26. The number of benzene rings is 1. The van der Waals surface area contributed by atoms with Gasteiger partial charge in [0.1, 0.15) is 0 Å². The minimum absolute atomic E-state index is 0.104. The van der Waals surface area contributed by atoms with Crippen LogP contribution in [-0.2, 0) is 10.2 Å². The predicted octanol–water partition coefficient (Wildman–Crippen LogP) is 3.02. The number of carbonyl (C=O) groups is 1. The summed E-state index contributed by atoms with van der Waals surface area (Å²) in [6.07, 6.45) is 0. The zero-order chi connectivity index (χ0) is 16.2. The molecule has 0 radical (unpaired) electrons. The molecule has 1 N–H and O–H groups in total. The van der Waals surface area contributed by atoms with Gasteiger partial charge in [-0.25, -0.2) is 0 Å². The number of hydrogen-bond donors (Lipinski definition) is 1. The van der Waals surface area contributed by atoms with Crippen LogP contribution in [0.3, 0.4) is 0 Å². The van der Waals surface area contributed by atoms with E-state index in [1.807, 2.05) is 12.1 Å². The second-order valence-electron chi connectivity index (χ2n) is 6.15. The van der Waals surface area contributed by atoms with Crippen molar-refractivity contribution in [3.05, 3.63) is 41.6 Å². The molecule has 0 saturated carbocycles. The highest BCUT2D eigenvalue weighted by Gasteiger charge is 2.16. The van der Waals surface area contributed by atoms with Crippen LogP contribution in [0.2, 0.25) is 0 Å². The third-order valence-corrected chi connectivity index (χ3v) is 3.37. The number of carbonyl (C=O) groups excluding carboxylic acids is 1. The molecule has 0 spiro atoms. The molecule has 0 unspecified atom stereocenters. The number of hydrogen-bond acceptors (Lipinski definition) is 4. The maximum atomic E-state index is 11.9. The quantitative estimate of drug-likeness (QED) is 0.862. The first kappa shape index (κ1) is 16.2. The fraction of sp³-hybridized carbons (Fsp3) is 0.412. The van der Waals surface area contributed by atoms with Crippen molar-refractivity contribution < 1.29 is 14.1 Å². The van der Waals surface area contributed by atoms with Crippen LogP contribution in [0.5, 0.6) is 0 Å². The number of amides is 1. The van der Waals surface area contributed by atoms with E-state index in [0.29, 0.717) is 18.9 Å². The van der Waals surface area contributed by atoms with E-state index < -0.39 is 0 Å². The fourth-order valence-electron chi connectivity index (χ4n) is 2.01. The van der Waals surface area contributed by atoms with Crippen molar-refractivity contribution in [2.24, 2.45) is 0 Å². The second-order valence-corrected chi connectivity index (χ2v) is 6.15. The van der Waals surface area contributed by atoms with Crippen LogP contribution in [0.1, 0.15) is 36.8 Å². The molecule has 1 amide bonds. The van der Waals surface area contributed by atoms with E-state index >= 15 is 0 Å². The SMILES string of the molecule is COCCNC(=O)c1cc(-c2ccc(C(C)(C)C)cc2)on1. The van der Waals surface area contributed by atoms with E-state index in [-0.39, 0.29) is 17.0 Å². The lowest BCUT2D eigenvalue weighted by Crippen LogP contribution is -2.27. The maximum Gasteiger partial charge on any atom is 0.273 e. The lowest BCUT2D eigenvalue weighted by atomic mass is 9.86. The summed E-state index contributed by atoms with van der Waals surface area (Å²) in [5.41, 5.74) is 2.52. The molecule has 0 bridgehead atoms. The number of nitrogens with zero attached hydrogens (tertiary/aromatic N) is 1. The van der Waals surface area contributed by atoms with Crippen LogP contribution >= 0.6 is 0 Å². The highest BCUT2D eigenvalue weighted by molar-refractivity contribution is 5.93. The Morgan fingerprint density at radius 3 is 2.55 bits per heavy atom. The molecule has 0 saturated heterocycles. The van der Waals surface area contributed by atoms with Gasteiger partial charge in [0.15, 0.2) is 11.5 Å². The molecule has 5 heteroatoms. The molecule has 1 aromatic carbocycles. The van der Waals surface area contributed by atoms with Crippen molar-refractivity contribution in [1.29, 1.82) is 0 Å². The molecule has 0 fully saturated rings. The molecule has 118 valence electrons. The van der Waals surface area contributed by atoms with Crippen LogP contribution < -0.4 is 5.32 Å². The van der Waals surface area contributed by atoms with Gasteiger partial charge in [-0.1, -0.05) is 50.2 Å². The highest BCUT2D eigenvalue weighted by Crippen LogP contribution is 2.26. The Hall–Kier alpha value is -2.14. The Kier molecular flexibility index (Phi) is 4.98. The summed E-state index contributed by atoms with van der Waals surface area (Å²) in [5, 5.41) is 6.52. The summed E-state index contributed by atoms with van der Waals surface area (Å²) in [5.74, 6) is 0.315. The van der Waals surface area contributed by atoms with E-state index in [1.165, 1.54) is 5.56 Å². The number of ether oxygens (including phenoxy) is 1. The molecule has 2 rings (SSSR count). The lowest BCUT2D eigenvalue weighted by molar-refractivity contribution is 0.0928. The molecule has 1 aromatic heterocycles. The Morgan fingerprint density at radius 1 is 1.27 bits per heavy atom. The summed E-state index contributed by atoms with van der Waals surface area (Å²) >= 11 is 0. The Balaban J connectivity index is 2.09. The number of rotatable bonds is 5. The summed E-state index contributed by atoms with van der Waals surface area (Å²) in [7, 11) is 1.58. The van der Waals surface area contributed by atoms with Gasteiger partial charge in [-0.2, -0.15) is 0 Å². The highest BCUT2D eigenvalue weighted by atomic mass is 16.5. The normalized spacial score (nSPS) is 11.5. The van der Waals surface area contributed by atoms with Gasteiger partial charge >= 0.3 is 0 Å². The molecular formula is C17H22N2O3. The Morgan fingerprint density at radius 2 is 1.95 bits per heavy atom. The molecule has 22 heavy (non-hydrogen) atoms. The summed E-state index contributed by atoms with van der Waals surface area (Å²) in [6, 6.07) is 9.74. The van der Waals surface area contributed by atoms with Crippen LogP contribution in [0.25, 0.3) is 11.3 Å². The van der Waals surface area contributed by atoms with Crippen LogP contribution in [-0.4, -0.2) is 31.3 Å². The van der Waals surface area contributed by atoms with Crippen molar-refractivity contribution >= 4 is 5.91 Å². The van der Waals surface area contributed by atoms with Crippen molar-refractivity contribution in [2.75, 3.05) is 20.3 Å². The summed E-state index contributed by atoms with van der Waals surface area (Å²) in [4.78, 5) is 11.9. The Labute approximate surface area is 130 Å². The van der Waals surface area contributed by atoms with E-state index in [9.17, 15) is 4.79 Å². The van der Waals surface area contributed by atoms with Gasteiger partial charge < -0.3 is 14.6 Å².